The lowest BCUT2D eigenvalue weighted by molar-refractivity contribution is -0.198. The molecule has 3 aromatic rings. The number of aryl methyl sites for hydroxylation is 1. The van der Waals surface area contributed by atoms with Crippen molar-refractivity contribution in [3.05, 3.63) is 47.8 Å². The van der Waals surface area contributed by atoms with E-state index in [0.717, 1.165) is 6.42 Å². The van der Waals surface area contributed by atoms with E-state index in [0.29, 0.717) is 49.6 Å². The fraction of sp³-hybridized carbons (Fsp3) is 0.500. The van der Waals surface area contributed by atoms with Crippen molar-refractivity contribution in [1.82, 2.24) is 25.1 Å². The number of benzene rings is 1. The Labute approximate surface area is 240 Å². The summed E-state index contributed by atoms with van der Waals surface area (Å²) >= 11 is 0. The second-order valence-electron chi connectivity index (χ2n) is 10.9. The van der Waals surface area contributed by atoms with Gasteiger partial charge in [-0.25, -0.2) is 4.68 Å². The lowest BCUT2D eigenvalue weighted by atomic mass is 9.71. The van der Waals surface area contributed by atoms with Gasteiger partial charge in [0, 0.05) is 43.0 Å². The molecule has 0 radical (unpaired) electrons. The van der Waals surface area contributed by atoms with Crippen LogP contribution in [0.3, 0.4) is 0 Å². The molecule has 226 valence electrons. The number of alkyl halides is 3. The van der Waals surface area contributed by atoms with Crippen molar-refractivity contribution in [2.75, 3.05) is 30.8 Å². The third-order valence-electron chi connectivity index (χ3n) is 8.27. The predicted molar refractivity (Wildman–Crippen MR) is 148 cm³/mol. The van der Waals surface area contributed by atoms with Crippen molar-refractivity contribution in [2.24, 2.45) is 5.41 Å². The van der Waals surface area contributed by atoms with Crippen LogP contribution in [-0.4, -0.2) is 69.3 Å². The van der Waals surface area contributed by atoms with Crippen LogP contribution in [0.1, 0.15) is 50.0 Å². The number of aliphatic carboxylic acids is 1. The number of ether oxygens (including phenoxy) is 2. The number of nitrogen functional groups attached to an aromatic ring is 1. The molecule has 0 aliphatic carbocycles. The molecular formula is C28H34F3N7O4. The maximum Gasteiger partial charge on any atom is 0.429 e. The number of carboxylic acids is 1. The summed E-state index contributed by atoms with van der Waals surface area (Å²) in [7, 11) is 1.43. The minimum absolute atomic E-state index is 0.0694. The first-order valence-corrected chi connectivity index (χ1v) is 13.7. The van der Waals surface area contributed by atoms with E-state index in [9.17, 15) is 23.1 Å². The first-order chi connectivity index (χ1) is 19.9. The minimum atomic E-state index is -4.81. The first-order valence-electron chi connectivity index (χ1n) is 13.7. The summed E-state index contributed by atoms with van der Waals surface area (Å²) < 4.78 is 55.8. The van der Waals surface area contributed by atoms with Gasteiger partial charge < -0.3 is 30.5 Å². The molecule has 4 heterocycles. The van der Waals surface area contributed by atoms with Gasteiger partial charge in [0.05, 0.1) is 18.5 Å². The molecule has 11 nitrogen and oxygen atoms in total. The summed E-state index contributed by atoms with van der Waals surface area (Å²) in [5.41, 5.74) is 6.35. The highest BCUT2D eigenvalue weighted by molar-refractivity contribution is 5.74. The molecule has 0 saturated carbocycles. The molecule has 2 aromatic heterocycles. The van der Waals surface area contributed by atoms with Crippen LogP contribution in [0.5, 0.6) is 11.6 Å². The first kappa shape index (κ1) is 29.4. The van der Waals surface area contributed by atoms with E-state index in [2.05, 4.69) is 20.4 Å². The van der Waals surface area contributed by atoms with Crippen LogP contribution in [0.25, 0.3) is 5.69 Å². The minimum Gasteiger partial charge on any atom is -0.497 e. The molecule has 0 bridgehead atoms. The Balaban J connectivity index is 1.41. The Hall–Kier alpha value is -4.07. The molecule has 2 saturated heterocycles. The smallest absolute Gasteiger partial charge is 0.429 e. The van der Waals surface area contributed by atoms with Crippen LogP contribution in [0.15, 0.2) is 36.5 Å². The Morgan fingerprint density at radius 3 is 2.57 bits per heavy atom. The number of rotatable bonds is 8. The van der Waals surface area contributed by atoms with Crippen molar-refractivity contribution in [3.8, 4) is 17.3 Å². The molecule has 14 heteroatoms. The number of aromatic nitrogens is 4. The van der Waals surface area contributed by atoms with Crippen molar-refractivity contribution in [3.63, 3.8) is 0 Å². The van der Waals surface area contributed by atoms with Crippen molar-refractivity contribution >= 4 is 17.7 Å². The van der Waals surface area contributed by atoms with Crippen molar-refractivity contribution in [2.45, 2.75) is 63.9 Å². The monoisotopic (exact) mass is 589 g/mol. The van der Waals surface area contributed by atoms with E-state index in [1.165, 1.54) is 36.1 Å². The summed E-state index contributed by atoms with van der Waals surface area (Å²) in [6, 6.07) is 6.70. The van der Waals surface area contributed by atoms with Crippen LogP contribution in [0, 0.1) is 12.3 Å². The van der Waals surface area contributed by atoms with Gasteiger partial charge in [0.15, 0.2) is 0 Å². The number of anilines is 2. The summed E-state index contributed by atoms with van der Waals surface area (Å²) in [4.78, 5) is 21.8. The number of halogens is 3. The number of methoxy groups -OCH3 is 1. The average Bonchev–Trinajstić information content (AvgIpc) is 3.54. The number of nitrogens with one attached hydrogen (secondary N) is 1. The molecule has 4 N–H and O–H groups in total. The van der Waals surface area contributed by atoms with E-state index < -0.39 is 24.3 Å². The zero-order valence-electron chi connectivity index (χ0n) is 23.6. The molecule has 1 spiro atoms. The largest absolute Gasteiger partial charge is 0.497 e. The fourth-order valence-electron chi connectivity index (χ4n) is 6.17. The molecule has 2 unspecified atom stereocenters. The molecule has 1 aromatic carbocycles. The molecule has 2 fully saturated rings. The average molecular weight is 590 g/mol. The highest BCUT2D eigenvalue weighted by Crippen LogP contribution is 2.46. The molecule has 2 aliphatic heterocycles. The predicted octanol–water partition coefficient (Wildman–Crippen LogP) is 4.06. The van der Waals surface area contributed by atoms with Gasteiger partial charge in [0.2, 0.25) is 17.9 Å². The lowest BCUT2D eigenvalue weighted by Gasteiger charge is -2.43. The maximum absolute atomic E-state index is 14.5. The Morgan fingerprint density at radius 1 is 1.24 bits per heavy atom. The SMILES string of the molecule is CCC1NC(C(=O)O)CC12CCN(c1cc(O[C@H](c3ccc(OC)cc3-n3ccc(C)n3)C(F)(F)F)nc(N)n1)CC2. The van der Waals surface area contributed by atoms with Gasteiger partial charge in [0.1, 0.15) is 17.6 Å². The number of piperidine rings is 1. The Bertz CT molecular complexity index is 1440. The van der Waals surface area contributed by atoms with Crippen LogP contribution in [0.4, 0.5) is 24.9 Å². The van der Waals surface area contributed by atoms with E-state index in [4.69, 9.17) is 15.2 Å². The number of carboxylic acid groups (broad SMARTS) is 1. The van der Waals surface area contributed by atoms with Gasteiger partial charge in [-0.2, -0.15) is 28.2 Å². The summed E-state index contributed by atoms with van der Waals surface area (Å²) in [5.74, 6) is -0.698. The molecular weight excluding hydrogens is 555 g/mol. The van der Waals surface area contributed by atoms with Crippen molar-refractivity contribution in [1.29, 1.82) is 0 Å². The van der Waals surface area contributed by atoms with Crippen LogP contribution in [0.2, 0.25) is 0 Å². The molecule has 0 amide bonds. The Kier molecular flexibility index (Phi) is 7.92. The van der Waals surface area contributed by atoms with Gasteiger partial charge in [-0.3, -0.25) is 4.79 Å². The standard InChI is InChI=1S/C28H34F3N7O4/c1-4-21-27(15-19(33-21)25(39)40)8-11-37(12-9-27)22-14-23(35-26(32)34-22)42-24(28(29,30)31)18-6-5-17(41-3)13-20(18)38-10-7-16(2)36-38/h5-7,10,13-14,19,21,24,33H,4,8-9,11-12,15H2,1-3H3,(H,39,40)(H2,32,34,35)/t19?,21?,24-/m1/s1. The molecule has 3 atom stereocenters. The number of nitrogens with two attached hydrogens (primary N) is 1. The highest BCUT2D eigenvalue weighted by Gasteiger charge is 2.50. The third-order valence-corrected chi connectivity index (χ3v) is 8.27. The van der Waals surface area contributed by atoms with E-state index in [1.807, 2.05) is 11.8 Å². The van der Waals surface area contributed by atoms with Crippen molar-refractivity contribution < 1.29 is 32.5 Å². The third kappa shape index (κ3) is 5.80. The zero-order valence-corrected chi connectivity index (χ0v) is 23.6. The van der Waals surface area contributed by atoms with E-state index in [1.54, 1.807) is 19.2 Å². The van der Waals surface area contributed by atoms with Crippen LogP contribution in [-0.2, 0) is 4.79 Å². The number of hydrogen-bond donors (Lipinski definition) is 3. The van der Waals surface area contributed by atoms with Gasteiger partial charge in [-0.1, -0.05) is 6.92 Å². The van der Waals surface area contributed by atoms with Gasteiger partial charge in [-0.05, 0) is 56.2 Å². The van der Waals surface area contributed by atoms with Gasteiger partial charge in [-0.15, -0.1) is 0 Å². The molecule has 42 heavy (non-hydrogen) atoms. The second-order valence-corrected chi connectivity index (χ2v) is 10.9. The zero-order chi connectivity index (χ0) is 30.2. The maximum atomic E-state index is 14.5. The normalized spacial score (nSPS) is 21.0. The quantitative estimate of drug-likeness (QED) is 0.352. The van der Waals surface area contributed by atoms with Gasteiger partial charge in [0.25, 0.3) is 0 Å². The fourth-order valence-corrected chi connectivity index (χ4v) is 6.17. The van der Waals surface area contributed by atoms with E-state index >= 15 is 0 Å². The highest BCUT2D eigenvalue weighted by atomic mass is 19.4. The number of nitrogens with zero attached hydrogens (tertiary/aromatic N) is 5. The van der Waals surface area contributed by atoms with E-state index in [-0.39, 0.29) is 34.5 Å². The lowest BCUT2D eigenvalue weighted by Crippen LogP contribution is -2.46. The van der Waals surface area contributed by atoms with Crippen LogP contribution >= 0.6 is 0 Å². The van der Waals surface area contributed by atoms with Gasteiger partial charge >= 0.3 is 12.1 Å². The summed E-state index contributed by atoms with van der Waals surface area (Å²) in [6.45, 7) is 4.83. The topological polar surface area (TPSA) is 141 Å². The van der Waals surface area contributed by atoms with Crippen LogP contribution < -0.4 is 25.4 Å². The Morgan fingerprint density at radius 2 is 1.98 bits per heavy atom. The molecule has 5 rings (SSSR count). The summed E-state index contributed by atoms with van der Waals surface area (Å²) in [6.07, 6.45) is -2.91. The number of carbonyl (C=O) groups is 1. The molecule has 2 aliphatic rings. The second kappa shape index (κ2) is 11.3. The number of hydrogen-bond acceptors (Lipinski definition) is 9. The summed E-state index contributed by atoms with van der Waals surface area (Å²) in [5, 5.41) is 17.1.